The summed E-state index contributed by atoms with van der Waals surface area (Å²) in [4.78, 5) is 7.44. The fourth-order valence-corrected chi connectivity index (χ4v) is 0.940. The molecule has 4 nitrogen and oxygen atoms in total. The second kappa shape index (κ2) is 4.85. The highest BCUT2D eigenvalue weighted by Crippen LogP contribution is 2.11. The Bertz CT molecular complexity index is 306. The van der Waals surface area contributed by atoms with Gasteiger partial charge in [-0.15, -0.1) is 0 Å². The van der Waals surface area contributed by atoms with E-state index in [1.165, 1.54) is 6.33 Å². The van der Waals surface area contributed by atoms with Gasteiger partial charge in [0.1, 0.15) is 6.33 Å². The summed E-state index contributed by atoms with van der Waals surface area (Å²) in [5, 5.41) is 12.0. The van der Waals surface area contributed by atoms with Gasteiger partial charge in [0, 0.05) is 6.54 Å². The predicted octanol–water partition coefficient (Wildman–Crippen LogP) is 1.11. The summed E-state index contributed by atoms with van der Waals surface area (Å²) in [5.74, 6) is -0.319. The molecule has 0 aliphatic carbocycles. The fourth-order valence-electron chi connectivity index (χ4n) is 0.940. The van der Waals surface area contributed by atoms with Crippen LogP contribution in [0.2, 0.25) is 0 Å². The molecular formula is C9H14FN3O. The average molecular weight is 199 g/mol. The lowest BCUT2D eigenvalue weighted by Crippen LogP contribution is -2.19. The number of aromatic nitrogens is 2. The van der Waals surface area contributed by atoms with E-state index in [1.54, 1.807) is 6.92 Å². The van der Waals surface area contributed by atoms with Gasteiger partial charge in [-0.3, -0.25) is 0 Å². The standard InChI is InChI=1S/C9H14FN3O/c1-3-7(14)4-11-9-8(10)6(2)12-5-13-9/h5,7,14H,3-4H2,1-2H3,(H,11,12,13). The van der Waals surface area contributed by atoms with Gasteiger partial charge in [0.05, 0.1) is 11.8 Å². The number of aliphatic hydroxyl groups is 1. The molecule has 0 saturated heterocycles. The summed E-state index contributed by atoms with van der Waals surface area (Å²) in [6, 6.07) is 0. The molecule has 1 rings (SSSR count). The van der Waals surface area contributed by atoms with E-state index < -0.39 is 11.9 Å². The van der Waals surface area contributed by atoms with Crippen molar-refractivity contribution in [2.24, 2.45) is 0 Å². The van der Waals surface area contributed by atoms with Crippen LogP contribution in [0.3, 0.4) is 0 Å². The Morgan fingerprint density at radius 2 is 2.29 bits per heavy atom. The van der Waals surface area contributed by atoms with Crippen LogP contribution >= 0.6 is 0 Å². The third-order valence-corrected chi connectivity index (χ3v) is 1.94. The monoisotopic (exact) mass is 199 g/mol. The lowest BCUT2D eigenvalue weighted by Gasteiger charge is -2.10. The van der Waals surface area contributed by atoms with E-state index in [0.29, 0.717) is 18.7 Å². The van der Waals surface area contributed by atoms with E-state index >= 15 is 0 Å². The molecule has 0 amide bonds. The van der Waals surface area contributed by atoms with Crippen LogP contribution in [0.15, 0.2) is 6.33 Å². The van der Waals surface area contributed by atoms with E-state index in [-0.39, 0.29) is 5.82 Å². The van der Waals surface area contributed by atoms with Crippen molar-refractivity contribution >= 4 is 5.82 Å². The maximum Gasteiger partial charge on any atom is 0.186 e. The molecule has 0 radical (unpaired) electrons. The molecule has 0 fully saturated rings. The lowest BCUT2D eigenvalue weighted by atomic mass is 10.3. The smallest absolute Gasteiger partial charge is 0.186 e. The first-order chi connectivity index (χ1) is 6.65. The van der Waals surface area contributed by atoms with Gasteiger partial charge in [-0.1, -0.05) is 6.92 Å². The molecule has 2 N–H and O–H groups in total. The molecule has 0 saturated carbocycles. The SMILES string of the molecule is CCC(O)CNc1ncnc(C)c1F. The highest BCUT2D eigenvalue weighted by molar-refractivity contribution is 5.36. The van der Waals surface area contributed by atoms with Gasteiger partial charge in [0.15, 0.2) is 11.6 Å². The largest absolute Gasteiger partial charge is 0.391 e. The van der Waals surface area contributed by atoms with Crippen molar-refractivity contribution in [1.29, 1.82) is 0 Å². The quantitative estimate of drug-likeness (QED) is 0.762. The molecule has 1 atom stereocenters. The number of hydrogen-bond donors (Lipinski definition) is 2. The van der Waals surface area contributed by atoms with Crippen LogP contribution in [0, 0.1) is 12.7 Å². The van der Waals surface area contributed by atoms with Crippen LogP contribution in [0.25, 0.3) is 0 Å². The first kappa shape index (κ1) is 10.8. The Hall–Kier alpha value is -1.23. The van der Waals surface area contributed by atoms with Gasteiger partial charge in [0.2, 0.25) is 0 Å². The number of nitrogens with zero attached hydrogens (tertiary/aromatic N) is 2. The predicted molar refractivity (Wildman–Crippen MR) is 51.5 cm³/mol. The van der Waals surface area contributed by atoms with E-state index in [9.17, 15) is 9.50 Å². The lowest BCUT2D eigenvalue weighted by molar-refractivity contribution is 0.183. The van der Waals surface area contributed by atoms with Crippen molar-refractivity contribution in [3.05, 3.63) is 17.8 Å². The molecule has 0 bridgehead atoms. The van der Waals surface area contributed by atoms with Crippen LogP contribution in [0.5, 0.6) is 0 Å². The molecule has 1 aromatic rings. The molecule has 0 aromatic carbocycles. The molecule has 0 spiro atoms. The third-order valence-electron chi connectivity index (χ3n) is 1.94. The van der Waals surface area contributed by atoms with Crippen LogP contribution in [-0.4, -0.2) is 27.7 Å². The van der Waals surface area contributed by atoms with Crippen LogP contribution < -0.4 is 5.32 Å². The number of nitrogens with one attached hydrogen (secondary N) is 1. The minimum atomic E-state index is -0.482. The molecule has 1 unspecified atom stereocenters. The summed E-state index contributed by atoms with van der Waals surface area (Å²) in [6.45, 7) is 3.72. The van der Waals surface area contributed by atoms with Crippen LogP contribution in [0.4, 0.5) is 10.2 Å². The highest BCUT2D eigenvalue weighted by Gasteiger charge is 2.08. The van der Waals surface area contributed by atoms with Gasteiger partial charge >= 0.3 is 0 Å². The van der Waals surface area contributed by atoms with Crippen LogP contribution in [-0.2, 0) is 0 Å². The van der Waals surface area contributed by atoms with E-state index in [2.05, 4.69) is 15.3 Å². The summed E-state index contributed by atoms with van der Waals surface area (Å²) in [5.41, 5.74) is 0.300. The summed E-state index contributed by atoms with van der Waals surface area (Å²) in [6.07, 6.45) is 1.43. The number of hydrogen-bond acceptors (Lipinski definition) is 4. The van der Waals surface area contributed by atoms with Crippen molar-refractivity contribution in [2.45, 2.75) is 26.4 Å². The molecule has 1 heterocycles. The topological polar surface area (TPSA) is 58.0 Å². The normalized spacial score (nSPS) is 12.6. The Labute approximate surface area is 82.2 Å². The Morgan fingerprint density at radius 1 is 1.57 bits per heavy atom. The molecular weight excluding hydrogens is 185 g/mol. The van der Waals surface area contributed by atoms with Crippen LogP contribution in [0.1, 0.15) is 19.0 Å². The number of rotatable bonds is 4. The van der Waals surface area contributed by atoms with Gasteiger partial charge in [0.25, 0.3) is 0 Å². The number of anilines is 1. The molecule has 5 heteroatoms. The first-order valence-corrected chi connectivity index (χ1v) is 4.54. The van der Waals surface area contributed by atoms with Gasteiger partial charge in [-0.05, 0) is 13.3 Å². The molecule has 14 heavy (non-hydrogen) atoms. The highest BCUT2D eigenvalue weighted by atomic mass is 19.1. The minimum absolute atomic E-state index is 0.144. The van der Waals surface area contributed by atoms with Gasteiger partial charge in [-0.25, -0.2) is 14.4 Å². The Kier molecular flexibility index (Phi) is 3.76. The zero-order valence-corrected chi connectivity index (χ0v) is 8.29. The van der Waals surface area contributed by atoms with Crippen molar-refractivity contribution in [2.75, 3.05) is 11.9 Å². The maximum absolute atomic E-state index is 13.3. The van der Waals surface area contributed by atoms with E-state index in [1.807, 2.05) is 6.92 Å². The molecule has 0 aliphatic heterocycles. The molecule has 78 valence electrons. The van der Waals surface area contributed by atoms with Gasteiger partial charge in [-0.2, -0.15) is 0 Å². The fraction of sp³-hybridized carbons (Fsp3) is 0.556. The second-order valence-electron chi connectivity index (χ2n) is 3.06. The maximum atomic E-state index is 13.3. The number of aryl methyl sites for hydroxylation is 1. The Morgan fingerprint density at radius 3 is 2.93 bits per heavy atom. The number of aliphatic hydroxyl groups excluding tert-OH is 1. The van der Waals surface area contributed by atoms with Crippen molar-refractivity contribution in [3.63, 3.8) is 0 Å². The second-order valence-corrected chi connectivity index (χ2v) is 3.06. The summed E-state index contributed by atoms with van der Waals surface area (Å²) < 4.78 is 13.3. The summed E-state index contributed by atoms with van der Waals surface area (Å²) in [7, 11) is 0. The van der Waals surface area contributed by atoms with E-state index in [0.717, 1.165) is 0 Å². The van der Waals surface area contributed by atoms with Crippen molar-refractivity contribution < 1.29 is 9.50 Å². The zero-order valence-electron chi connectivity index (χ0n) is 8.29. The first-order valence-electron chi connectivity index (χ1n) is 4.54. The molecule has 0 aliphatic rings. The third kappa shape index (κ3) is 2.63. The zero-order chi connectivity index (χ0) is 10.6. The number of halogens is 1. The van der Waals surface area contributed by atoms with E-state index in [4.69, 9.17) is 0 Å². The average Bonchev–Trinajstić information content (AvgIpc) is 2.20. The van der Waals surface area contributed by atoms with Gasteiger partial charge < -0.3 is 10.4 Å². The molecule has 1 aromatic heterocycles. The van der Waals surface area contributed by atoms with Crippen molar-refractivity contribution in [1.82, 2.24) is 9.97 Å². The van der Waals surface area contributed by atoms with Crippen molar-refractivity contribution in [3.8, 4) is 0 Å². The minimum Gasteiger partial charge on any atom is -0.391 e. The Balaban J connectivity index is 2.63. The summed E-state index contributed by atoms with van der Waals surface area (Å²) >= 11 is 0.